The van der Waals surface area contributed by atoms with Crippen LogP contribution in [0.2, 0.25) is 0 Å². The molecule has 2 aliphatic rings. The number of hydrogen-bond donors (Lipinski definition) is 1. The third-order valence-corrected chi connectivity index (χ3v) is 6.46. The van der Waals surface area contributed by atoms with Gasteiger partial charge in [0, 0.05) is 42.4 Å². The Bertz CT molecular complexity index is 1110. The van der Waals surface area contributed by atoms with E-state index in [-0.39, 0.29) is 11.3 Å². The van der Waals surface area contributed by atoms with Crippen molar-refractivity contribution in [1.29, 1.82) is 0 Å². The first-order valence-electron chi connectivity index (χ1n) is 10.7. The third-order valence-electron chi connectivity index (χ3n) is 6.46. The average molecular weight is 402 g/mol. The number of hydrogen-bond acceptors (Lipinski definition) is 5. The van der Waals surface area contributed by atoms with Crippen molar-refractivity contribution < 1.29 is 9.53 Å². The predicted molar refractivity (Wildman–Crippen MR) is 118 cm³/mol. The van der Waals surface area contributed by atoms with Crippen molar-refractivity contribution in [2.24, 2.45) is 0 Å². The zero-order valence-electron chi connectivity index (χ0n) is 17.4. The molecule has 30 heavy (non-hydrogen) atoms. The Balaban J connectivity index is 1.49. The molecule has 1 aliphatic carbocycles. The van der Waals surface area contributed by atoms with Crippen molar-refractivity contribution >= 4 is 22.5 Å². The van der Waals surface area contributed by atoms with Gasteiger partial charge >= 0.3 is 0 Å². The lowest BCUT2D eigenvalue weighted by molar-refractivity contribution is -0.125. The monoisotopic (exact) mass is 402 g/mol. The molecule has 0 bridgehead atoms. The Morgan fingerprint density at radius 2 is 1.97 bits per heavy atom. The van der Waals surface area contributed by atoms with Crippen LogP contribution < -0.4 is 15.0 Å². The highest BCUT2D eigenvalue weighted by molar-refractivity contribution is 6.13. The summed E-state index contributed by atoms with van der Waals surface area (Å²) in [5.74, 6) is 0.838. The van der Waals surface area contributed by atoms with Gasteiger partial charge in [-0.2, -0.15) is 0 Å². The molecule has 6 heteroatoms. The van der Waals surface area contributed by atoms with Crippen LogP contribution in [0.4, 0.5) is 5.69 Å². The van der Waals surface area contributed by atoms with Gasteiger partial charge in [-0.25, -0.2) is 4.98 Å². The molecule has 3 aromatic rings. The van der Waals surface area contributed by atoms with Crippen LogP contribution in [0.25, 0.3) is 22.0 Å². The van der Waals surface area contributed by atoms with E-state index in [0.29, 0.717) is 12.5 Å². The van der Waals surface area contributed by atoms with Gasteiger partial charge in [-0.05, 0) is 43.1 Å². The standard InChI is InChI=1S/C24H26N4O2/c1-3-25-11-12-30-21-8-6-17(14-27-21)16-5-7-19-18(13-16)22-20(15-26-19)28(2)23(29)24(22)9-4-10-24/h5-8,13-15,25H,3-4,9-12H2,1-2H3. The first-order chi connectivity index (χ1) is 14.6. The number of likely N-dealkylation sites (N-methyl/N-ethyl adjacent to an activating group) is 2. The molecule has 1 fully saturated rings. The summed E-state index contributed by atoms with van der Waals surface area (Å²) in [5, 5.41) is 4.31. The number of fused-ring (bicyclic) bond motifs is 4. The van der Waals surface area contributed by atoms with E-state index < -0.39 is 0 Å². The van der Waals surface area contributed by atoms with Gasteiger partial charge in [-0.3, -0.25) is 9.78 Å². The highest BCUT2D eigenvalue weighted by Gasteiger charge is 2.54. The van der Waals surface area contributed by atoms with E-state index in [0.717, 1.165) is 65.6 Å². The van der Waals surface area contributed by atoms with Crippen molar-refractivity contribution in [3.63, 3.8) is 0 Å². The van der Waals surface area contributed by atoms with Crippen molar-refractivity contribution in [2.45, 2.75) is 31.6 Å². The summed E-state index contributed by atoms with van der Waals surface area (Å²) >= 11 is 0. The normalized spacial score (nSPS) is 16.7. The number of benzene rings is 1. The molecule has 1 amide bonds. The van der Waals surface area contributed by atoms with E-state index in [1.54, 1.807) is 4.90 Å². The molecule has 0 radical (unpaired) electrons. The maximum absolute atomic E-state index is 13.0. The number of anilines is 1. The smallest absolute Gasteiger partial charge is 0.237 e. The molecular formula is C24H26N4O2. The lowest BCUT2D eigenvalue weighted by Gasteiger charge is -2.37. The SMILES string of the molecule is CCNCCOc1ccc(-c2ccc3ncc4c(c3c2)C2(CCC2)C(=O)N4C)cn1. The van der Waals surface area contributed by atoms with Crippen molar-refractivity contribution in [3.8, 4) is 17.0 Å². The number of carbonyl (C=O) groups is 1. The summed E-state index contributed by atoms with van der Waals surface area (Å²) in [4.78, 5) is 23.9. The number of aromatic nitrogens is 2. The number of ether oxygens (including phenoxy) is 1. The molecule has 1 saturated carbocycles. The second-order valence-corrected chi connectivity index (χ2v) is 8.14. The molecule has 5 rings (SSSR count). The summed E-state index contributed by atoms with van der Waals surface area (Å²) in [6.07, 6.45) is 6.64. The molecule has 3 heterocycles. The zero-order valence-corrected chi connectivity index (χ0v) is 17.4. The van der Waals surface area contributed by atoms with Gasteiger partial charge in [0.2, 0.25) is 11.8 Å². The molecule has 0 atom stereocenters. The van der Waals surface area contributed by atoms with Gasteiger partial charge in [0.1, 0.15) is 6.61 Å². The van der Waals surface area contributed by atoms with Gasteiger partial charge in [-0.15, -0.1) is 0 Å². The van der Waals surface area contributed by atoms with Crippen molar-refractivity contribution in [3.05, 3.63) is 48.3 Å². The number of nitrogens with zero attached hydrogens (tertiary/aromatic N) is 3. The van der Waals surface area contributed by atoms with E-state index in [9.17, 15) is 4.79 Å². The Morgan fingerprint density at radius 1 is 1.13 bits per heavy atom. The number of pyridine rings is 2. The Labute approximate surface area is 176 Å². The van der Waals surface area contributed by atoms with Crippen LogP contribution in [0.1, 0.15) is 31.7 Å². The van der Waals surface area contributed by atoms with E-state index in [1.165, 1.54) is 0 Å². The van der Waals surface area contributed by atoms with Gasteiger partial charge in [-0.1, -0.05) is 19.4 Å². The maximum Gasteiger partial charge on any atom is 0.237 e. The maximum atomic E-state index is 13.0. The third kappa shape index (κ3) is 2.86. The Morgan fingerprint density at radius 3 is 2.67 bits per heavy atom. The van der Waals surface area contributed by atoms with Crippen LogP contribution in [-0.2, 0) is 10.2 Å². The molecule has 0 unspecified atom stereocenters. The minimum absolute atomic E-state index is 0.212. The van der Waals surface area contributed by atoms with Gasteiger partial charge in [0.15, 0.2) is 0 Å². The summed E-state index contributed by atoms with van der Waals surface area (Å²) in [6.45, 7) is 4.40. The van der Waals surface area contributed by atoms with E-state index >= 15 is 0 Å². The van der Waals surface area contributed by atoms with Crippen molar-refractivity contribution in [2.75, 3.05) is 31.6 Å². The molecule has 1 spiro atoms. The summed E-state index contributed by atoms with van der Waals surface area (Å²) in [6, 6.07) is 10.2. The molecule has 1 N–H and O–H groups in total. The van der Waals surface area contributed by atoms with E-state index in [4.69, 9.17) is 4.74 Å². The lowest BCUT2D eigenvalue weighted by Crippen LogP contribution is -2.43. The van der Waals surface area contributed by atoms with Crippen LogP contribution >= 0.6 is 0 Å². The number of amides is 1. The minimum atomic E-state index is -0.355. The Hall–Kier alpha value is -2.99. The fourth-order valence-electron chi connectivity index (χ4n) is 4.69. The predicted octanol–water partition coefficient (Wildman–Crippen LogP) is 3.68. The zero-order chi connectivity index (χ0) is 20.7. The largest absolute Gasteiger partial charge is 0.476 e. The molecule has 1 aromatic carbocycles. The van der Waals surface area contributed by atoms with Crippen LogP contribution in [-0.4, -0.2) is 42.6 Å². The first kappa shape index (κ1) is 19.0. The second-order valence-electron chi connectivity index (χ2n) is 8.14. The fraction of sp³-hybridized carbons (Fsp3) is 0.375. The molecular weight excluding hydrogens is 376 g/mol. The highest BCUT2D eigenvalue weighted by Crippen LogP contribution is 2.55. The molecule has 1 aliphatic heterocycles. The van der Waals surface area contributed by atoms with Gasteiger partial charge < -0.3 is 15.0 Å². The lowest BCUT2D eigenvalue weighted by atomic mass is 9.64. The molecule has 2 aromatic heterocycles. The Kier molecular flexibility index (Phi) is 4.66. The summed E-state index contributed by atoms with van der Waals surface area (Å²) in [7, 11) is 1.87. The number of nitrogens with one attached hydrogen (secondary N) is 1. The molecule has 154 valence electrons. The van der Waals surface area contributed by atoms with Crippen LogP contribution in [0.3, 0.4) is 0 Å². The molecule has 0 saturated heterocycles. The topological polar surface area (TPSA) is 67.3 Å². The number of rotatable bonds is 6. The minimum Gasteiger partial charge on any atom is -0.476 e. The summed E-state index contributed by atoms with van der Waals surface area (Å²) < 4.78 is 5.68. The summed E-state index contributed by atoms with van der Waals surface area (Å²) in [5.41, 5.74) is 4.78. The van der Waals surface area contributed by atoms with Gasteiger partial charge in [0.25, 0.3) is 0 Å². The second kappa shape index (κ2) is 7.36. The van der Waals surface area contributed by atoms with Crippen LogP contribution in [0.15, 0.2) is 42.7 Å². The average Bonchev–Trinajstić information content (AvgIpc) is 2.99. The first-order valence-corrected chi connectivity index (χ1v) is 10.7. The van der Waals surface area contributed by atoms with E-state index in [2.05, 4.69) is 34.3 Å². The molecule has 6 nitrogen and oxygen atoms in total. The van der Waals surface area contributed by atoms with Crippen molar-refractivity contribution in [1.82, 2.24) is 15.3 Å². The van der Waals surface area contributed by atoms with E-state index in [1.807, 2.05) is 37.6 Å². The van der Waals surface area contributed by atoms with Crippen LogP contribution in [0, 0.1) is 0 Å². The fourth-order valence-corrected chi connectivity index (χ4v) is 4.69. The highest BCUT2D eigenvalue weighted by atomic mass is 16.5. The van der Waals surface area contributed by atoms with Crippen LogP contribution in [0.5, 0.6) is 5.88 Å². The van der Waals surface area contributed by atoms with Gasteiger partial charge in [0.05, 0.1) is 22.8 Å². The number of carbonyl (C=O) groups excluding carboxylic acids is 1. The quantitative estimate of drug-likeness (QED) is 0.637.